The fraction of sp³-hybridized carbons (Fsp3) is 0.429. The zero-order valence-electron chi connectivity index (χ0n) is 72.0. The van der Waals surface area contributed by atoms with E-state index in [9.17, 15) is 5.11 Å². The second-order valence-electron chi connectivity index (χ2n) is 36.8. The fourth-order valence-electron chi connectivity index (χ4n) is 22.5. The average molecular weight is 1650 g/mol. The highest BCUT2D eigenvalue weighted by Crippen LogP contribution is 2.62. The van der Waals surface area contributed by atoms with E-state index in [1.54, 1.807) is 33.4 Å². The van der Waals surface area contributed by atoms with E-state index in [4.69, 9.17) is 0 Å². The van der Waals surface area contributed by atoms with Gasteiger partial charge in [0.05, 0.1) is 0 Å². The summed E-state index contributed by atoms with van der Waals surface area (Å²) in [7, 11) is 0. The summed E-state index contributed by atoms with van der Waals surface area (Å²) in [5.74, 6) is 0.663. The number of hydrogen-bond donors (Lipinski definition) is 1. The zero-order chi connectivity index (χ0) is 80.5. The Balaban J connectivity index is 0.708. The van der Waals surface area contributed by atoms with Gasteiger partial charge in [-0.05, 0) is 288 Å². The average Bonchev–Trinajstić information content (AvgIpc) is 1.54. The van der Waals surface area contributed by atoms with Gasteiger partial charge in [-0.25, -0.2) is 0 Å². The maximum atomic E-state index is 10.4. The van der Waals surface area contributed by atoms with E-state index < -0.39 is 0 Å². The van der Waals surface area contributed by atoms with Gasteiger partial charge in [-0.1, -0.05) is 295 Å². The summed E-state index contributed by atoms with van der Waals surface area (Å²) >= 11 is 9.76. The number of fused-ring (bicyclic) bond motifs is 17. The van der Waals surface area contributed by atoms with Crippen LogP contribution in [0.15, 0.2) is 182 Å². The number of thiophene rings is 5. The van der Waals surface area contributed by atoms with Crippen molar-refractivity contribution in [3.8, 4) is 59.3 Å². The number of aryl methyl sites for hydroxylation is 1. The number of phenols is 1. The molecule has 9 aromatic carbocycles. The molecule has 0 aliphatic heterocycles. The Kier molecular flexibility index (Phi) is 24.9. The molecule has 0 spiro atoms. The molecule has 4 aliphatic rings. The first kappa shape index (κ1) is 81.6. The largest absolute Gasteiger partial charge is 0.508 e. The molecule has 4 aliphatic carbocycles. The maximum absolute atomic E-state index is 10.4. The van der Waals surface area contributed by atoms with Crippen LogP contribution in [0.2, 0.25) is 0 Å². The Morgan fingerprint density at radius 2 is 0.661 bits per heavy atom. The fourth-order valence-corrected chi connectivity index (χ4v) is 27.9. The van der Waals surface area contributed by atoms with E-state index in [0.717, 1.165) is 11.1 Å². The van der Waals surface area contributed by atoms with Crippen LogP contribution in [-0.2, 0) is 16.2 Å². The molecule has 18 rings (SSSR count). The van der Waals surface area contributed by atoms with Gasteiger partial charge in [0.1, 0.15) is 5.75 Å². The predicted octanol–water partition coefficient (Wildman–Crippen LogP) is 37.5. The van der Waals surface area contributed by atoms with Crippen LogP contribution in [0, 0.1) is 6.92 Å². The van der Waals surface area contributed by atoms with E-state index in [0.29, 0.717) is 11.7 Å². The highest BCUT2D eigenvalue weighted by Gasteiger charge is 2.48. The molecule has 0 radical (unpaired) electrons. The number of rotatable bonds is 40. The van der Waals surface area contributed by atoms with Gasteiger partial charge in [0, 0.05) is 80.6 Å². The lowest BCUT2D eigenvalue weighted by molar-refractivity contribution is 0.398. The second kappa shape index (κ2) is 35.9. The number of unbranched alkanes of at least 4 members (excludes halogenated alkanes) is 24. The quantitative estimate of drug-likeness (QED) is 0.0380. The van der Waals surface area contributed by atoms with Gasteiger partial charge in [0.15, 0.2) is 0 Å². The summed E-state index contributed by atoms with van der Waals surface area (Å²) in [6.45, 7) is 16.5. The first-order chi connectivity index (χ1) is 57.9. The van der Waals surface area contributed by atoms with Crippen molar-refractivity contribution in [2.75, 3.05) is 0 Å². The molecule has 610 valence electrons. The lowest BCUT2D eigenvalue weighted by Gasteiger charge is -2.35. The van der Waals surface area contributed by atoms with E-state index in [1.165, 1.54) is 373 Å². The number of hydrogen-bond acceptors (Lipinski definition) is 6. The Hall–Kier alpha value is -7.42. The monoisotopic (exact) mass is 1650 g/mol. The lowest BCUT2D eigenvalue weighted by atomic mass is 9.68. The minimum Gasteiger partial charge on any atom is -0.508 e. The number of benzene rings is 9. The van der Waals surface area contributed by atoms with Crippen molar-refractivity contribution in [1.29, 1.82) is 0 Å². The molecule has 0 fully saturated rings. The Morgan fingerprint density at radius 1 is 0.297 bits per heavy atom. The standard InChI is InChI=1S/C112H126OS5/c1-8-14-20-24-28-34-52-111(53-35-29-25-21-15-9-2)97-61-78(101-67-83-70-104-82(56-74(7)114-104)66-105(83)115-101)41-46-89(97)93-57-80-64-100-94(58-81(80)63-99(93)111)90-47-42-79(62-98(90)112(100,54-36-30-26-22-16-10-3)55-37-31-27-23-17-11-4)103-69-85-72-106-84(71-107(85)117-103)68-102(116-106)77-40-45-88-87-44-38-75(76-39-48-91-92-49-43-86(113)73-109(92)118-108(91)65-76)59-95(87)110(96(88)60-77,50-32-18-12-5)51-33-19-13-6/h39-49,56-73,75,113H,8-38,50-55H2,1-7H3. The molecular weight excluding hydrogens is 1520 g/mol. The van der Waals surface area contributed by atoms with Crippen molar-refractivity contribution in [3.05, 3.63) is 225 Å². The van der Waals surface area contributed by atoms with E-state index in [-0.39, 0.29) is 16.2 Å². The first-order valence-electron chi connectivity index (χ1n) is 47.0. The van der Waals surface area contributed by atoms with Gasteiger partial charge < -0.3 is 5.11 Å². The molecule has 0 saturated carbocycles. The Labute approximate surface area is 725 Å². The van der Waals surface area contributed by atoms with Crippen LogP contribution in [0.3, 0.4) is 0 Å². The van der Waals surface area contributed by atoms with E-state index in [1.807, 2.05) is 68.8 Å². The zero-order valence-corrected chi connectivity index (χ0v) is 76.1. The van der Waals surface area contributed by atoms with Gasteiger partial charge in [-0.3, -0.25) is 0 Å². The van der Waals surface area contributed by atoms with Gasteiger partial charge in [0.2, 0.25) is 0 Å². The maximum Gasteiger partial charge on any atom is 0.117 e. The molecule has 5 heterocycles. The molecule has 1 nitrogen and oxygen atoms in total. The summed E-state index contributed by atoms with van der Waals surface area (Å²) in [5.41, 5.74) is 24.1. The minimum absolute atomic E-state index is 0.0164. The molecule has 0 bridgehead atoms. The normalized spacial score (nSPS) is 15.5. The molecule has 1 N–H and O–H groups in total. The topological polar surface area (TPSA) is 20.2 Å². The summed E-state index contributed by atoms with van der Waals surface area (Å²) in [5, 5.41) is 21.3. The molecule has 0 amide bonds. The van der Waals surface area contributed by atoms with Gasteiger partial charge in [-0.15, -0.1) is 56.7 Å². The van der Waals surface area contributed by atoms with Crippen LogP contribution < -0.4 is 0 Å². The van der Waals surface area contributed by atoms with Crippen LogP contribution >= 0.6 is 56.7 Å². The molecule has 14 aromatic rings. The van der Waals surface area contributed by atoms with Gasteiger partial charge >= 0.3 is 0 Å². The van der Waals surface area contributed by atoms with Crippen molar-refractivity contribution in [1.82, 2.24) is 0 Å². The van der Waals surface area contributed by atoms with E-state index in [2.05, 4.69) is 212 Å². The third kappa shape index (κ3) is 15.7. The van der Waals surface area contributed by atoms with Crippen molar-refractivity contribution >= 4 is 134 Å². The highest BCUT2D eigenvalue weighted by atomic mass is 32.1. The molecule has 0 saturated heterocycles. The minimum atomic E-state index is -0.0663. The van der Waals surface area contributed by atoms with Crippen molar-refractivity contribution in [2.45, 2.75) is 308 Å². The molecule has 6 heteroatoms. The summed E-state index contributed by atoms with van der Waals surface area (Å²) in [6.07, 6.45) is 52.6. The van der Waals surface area contributed by atoms with Crippen LogP contribution in [0.25, 0.3) is 130 Å². The van der Waals surface area contributed by atoms with Gasteiger partial charge in [-0.2, -0.15) is 0 Å². The number of aromatic hydroxyl groups is 1. The molecular formula is C112H126OS5. The predicted molar refractivity (Wildman–Crippen MR) is 525 cm³/mol. The number of allylic oxidation sites excluding steroid dienone is 4. The molecule has 5 aromatic heterocycles. The van der Waals surface area contributed by atoms with Crippen molar-refractivity contribution in [3.63, 3.8) is 0 Å². The van der Waals surface area contributed by atoms with Crippen molar-refractivity contribution < 1.29 is 5.11 Å². The van der Waals surface area contributed by atoms with Crippen LogP contribution in [-0.4, -0.2) is 5.11 Å². The Morgan fingerprint density at radius 3 is 1.12 bits per heavy atom. The van der Waals surface area contributed by atoms with Crippen LogP contribution in [0.4, 0.5) is 0 Å². The molecule has 118 heavy (non-hydrogen) atoms. The third-order valence-electron chi connectivity index (χ3n) is 28.8. The summed E-state index contributed by atoms with van der Waals surface area (Å²) in [4.78, 5) is 5.58. The summed E-state index contributed by atoms with van der Waals surface area (Å²) < 4.78 is 8.05. The third-order valence-corrected chi connectivity index (χ3v) is 34.4. The lowest BCUT2D eigenvalue weighted by Crippen LogP contribution is -2.26. The Bertz CT molecular complexity index is 5890. The van der Waals surface area contributed by atoms with E-state index >= 15 is 0 Å². The van der Waals surface area contributed by atoms with Gasteiger partial charge in [0.25, 0.3) is 0 Å². The van der Waals surface area contributed by atoms with Crippen LogP contribution in [0.5, 0.6) is 5.75 Å². The van der Waals surface area contributed by atoms with Crippen LogP contribution in [0.1, 0.15) is 329 Å². The highest BCUT2D eigenvalue weighted by molar-refractivity contribution is 7.26. The SMILES string of the molecule is CCCCCCCCC1(CCCCCCCC)c2cc(-c3cc4cc5sc(C)cc5cc4s3)ccc2-c2cc3cc4c(cc3cc21)-c1ccc(-c2cc3cc5sc(-c6ccc7c(c6)C(CCCCC)(CCCCC)C6=CC(c8ccc9c(c8)sc8cc(O)ccc89)CC=C67)cc5cc3s2)cc1C4(CCCCCCCC)CCCCCCCC. The molecule has 1 unspecified atom stereocenters. The first-order valence-corrected chi connectivity index (χ1v) is 51.1. The smallest absolute Gasteiger partial charge is 0.117 e. The van der Waals surface area contributed by atoms with Crippen molar-refractivity contribution in [2.24, 2.45) is 0 Å². The molecule has 1 atom stereocenters. The summed E-state index contributed by atoms with van der Waals surface area (Å²) in [6, 6.07) is 67.5. The second-order valence-corrected chi connectivity index (χ2v) is 42.4. The number of phenolic OH excluding ortho intramolecular Hbond substituents is 1.